The smallest absolute Gasteiger partial charge is 0.309 e. The molecule has 84 valence electrons. The van der Waals surface area contributed by atoms with Crippen LogP contribution in [-0.2, 0) is 9.53 Å². The van der Waals surface area contributed by atoms with Gasteiger partial charge in [0.1, 0.15) is 0 Å². The van der Waals surface area contributed by atoms with Crippen LogP contribution in [0, 0.1) is 5.92 Å². The first-order valence-corrected chi connectivity index (χ1v) is 5.07. The van der Waals surface area contributed by atoms with Gasteiger partial charge in [0.25, 0.3) is 0 Å². The Balaban J connectivity index is 3.73. The van der Waals surface area contributed by atoms with Crippen LogP contribution in [-0.4, -0.2) is 24.8 Å². The van der Waals surface area contributed by atoms with E-state index >= 15 is 0 Å². The highest BCUT2D eigenvalue weighted by molar-refractivity contribution is 5.72. The van der Waals surface area contributed by atoms with Gasteiger partial charge in [-0.25, -0.2) is 0 Å². The van der Waals surface area contributed by atoms with Gasteiger partial charge in [-0.15, -0.1) is 0 Å². The van der Waals surface area contributed by atoms with Gasteiger partial charge in [-0.3, -0.25) is 10.1 Å². The summed E-state index contributed by atoms with van der Waals surface area (Å²) in [6, 6.07) is 0. The minimum Gasteiger partial charge on any atom is -0.465 e. The fraction of sp³-hybridized carbons (Fsp3) is 0.900. The summed E-state index contributed by atoms with van der Waals surface area (Å²) in [6.45, 7) is 8.56. The van der Waals surface area contributed by atoms with Gasteiger partial charge in [0.05, 0.1) is 18.2 Å². The monoisotopic (exact) mass is 202 g/mol. The Bertz CT molecular complexity index is 175. The van der Waals surface area contributed by atoms with Crippen LogP contribution in [0.1, 0.15) is 34.1 Å². The topological polar surface area (TPSA) is 64.3 Å². The quantitative estimate of drug-likeness (QED) is 0.495. The molecule has 0 spiro atoms. The molecular formula is C10H22N2O2. The van der Waals surface area contributed by atoms with Crippen molar-refractivity contribution in [3.05, 3.63) is 0 Å². The number of carbonyl (C=O) groups excluding carboxylic acids is 1. The summed E-state index contributed by atoms with van der Waals surface area (Å²) in [4.78, 5) is 11.3. The van der Waals surface area contributed by atoms with Crippen molar-refractivity contribution in [3.8, 4) is 0 Å². The third-order valence-corrected chi connectivity index (χ3v) is 1.71. The molecule has 4 heteroatoms. The zero-order valence-electron chi connectivity index (χ0n) is 9.59. The van der Waals surface area contributed by atoms with Crippen molar-refractivity contribution in [2.75, 3.05) is 13.2 Å². The summed E-state index contributed by atoms with van der Waals surface area (Å²) in [5.41, 5.74) is 5.28. The standard InChI is InChI=1S/C10H22N2O2/c1-5-6-14-9(13)8(2)7-12-10(3,4)11/h8,12H,5-7,11H2,1-4H3. The van der Waals surface area contributed by atoms with Crippen LogP contribution < -0.4 is 11.1 Å². The van der Waals surface area contributed by atoms with Gasteiger partial charge in [0, 0.05) is 6.54 Å². The predicted molar refractivity (Wildman–Crippen MR) is 56.7 cm³/mol. The molecule has 0 bridgehead atoms. The van der Waals surface area contributed by atoms with Gasteiger partial charge >= 0.3 is 5.97 Å². The molecule has 0 aliphatic heterocycles. The van der Waals surface area contributed by atoms with Crippen molar-refractivity contribution in [1.82, 2.24) is 5.32 Å². The average Bonchev–Trinajstić information content (AvgIpc) is 2.09. The zero-order chi connectivity index (χ0) is 11.2. The zero-order valence-corrected chi connectivity index (χ0v) is 9.59. The minimum absolute atomic E-state index is 0.149. The number of hydrogen-bond donors (Lipinski definition) is 2. The van der Waals surface area contributed by atoms with Gasteiger partial charge < -0.3 is 10.5 Å². The minimum atomic E-state index is -0.445. The van der Waals surface area contributed by atoms with Gasteiger partial charge in [-0.05, 0) is 20.3 Å². The number of carbonyl (C=O) groups is 1. The number of hydrogen-bond acceptors (Lipinski definition) is 4. The number of ether oxygens (including phenoxy) is 1. The highest BCUT2D eigenvalue weighted by Crippen LogP contribution is 2.00. The number of rotatable bonds is 6. The lowest BCUT2D eigenvalue weighted by Gasteiger charge is -2.22. The van der Waals surface area contributed by atoms with Crippen molar-refractivity contribution in [2.45, 2.75) is 39.8 Å². The van der Waals surface area contributed by atoms with Crippen LogP contribution in [0.25, 0.3) is 0 Å². The van der Waals surface area contributed by atoms with Crippen LogP contribution in [0.4, 0.5) is 0 Å². The molecule has 3 N–H and O–H groups in total. The third kappa shape index (κ3) is 6.86. The first-order chi connectivity index (χ1) is 6.37. The van der Waals surface area contributed by atoms with E-state index in [2.05, 4.69) is 5.32 Å². The number of nitrogens with one attached hydrogen (secondary N) is 1. The Hall–Kier alpha value is -0.610. The second-order valence-corrected chi connectivity index (χ2v) is 4.17. The lowest BCUT2D eigenvalue weighted by atomic mass is 10.1. The fourth-order valence-electron chi connectivity index (χ4n) is 0.844. The Morgan fingerprint density at radius 2 is 2.14 bits per heavy atom. The van der Waals surface area contributed by atoms with Crippen LogP contribution in [0.2, 0.25) is 0 Å². The molecule has 0 amide bonds. The largest absolute Gasteiger partial charge is 0.465 e. The van der Waals surface area contributed by atoms with E-state index in [9.17, 15) is 4.79 Å². The van der Waals surface area contributed by atoms with E-state index < -0.39 is 5.66 Å². The van der Waals surface area contributed by atoms with E-state index in [1.807, 2.05) is 27.7 Å². The maximum absolute atomic E-state index is 11.3. The second kappa shape index (κ2) is 5.98. The summed E-state index contributed by atoms with van der Waals surface area (Å²) in [5, 5.41) is 3.06. The molecule has 1 unspecified atom stereocenters. The van der Waals surface area contributed by atoms with E-state index in [4.69, 9.17) is 10.5 Å². The third-order valence-electron chi connectivity index (χ3n) is 1.71. The molecule has 4 nitrogen and oxygen atoms in total. The van der Waals surface area contributed by atoms with Crippen LogP contribution >= 0.6 is 0 Å². The Labute approximate surface area is 86.2 Å². The van der Waals surface area contributed by atoms with E-state index in [0.29, 0.717) is 13.2 Å². The summed E-state index contributed by atoms with van der Waals surface area (Å²) < 4.78 is 5.00. The molecule has 0 rings (SSSR count). The average molecular weight is 202 g/mol. The molecule has 0 aliphatic carbocycles. The summed E-state index contributed by atoms with van der Waals surface area (Å²) >= 11 is 0. The molecule has 0 fully saturated rings. The van der Waals surface area contributed by atoms with Crippen LogP contribution in [0.3, 0.4) is 0 Å². The molecule has 1 atom stereocenters. The van der Waals surface area contributed by atoms with E-state index in [1.54, 1.807) is 0 Å². The lowest BCUT2D eigenvalue weighted by Crippen LogP contribution is -2.50. The Kier molecular flexibility index (Phi) is 5.72. The molecule has 0 radical (unpaired) electrons. The van der Waals surface area contributed by atoms with Crippen molar-refractivity contribution >= 4 is 5.97 Å². The molecule has 0 heterocycles. The Morgan fingerprint density at radius 3 is 2.57 bits per heavy atom. The first kappa shape index (κ1) is 13.4. The second-order valence-electron chi connectivity index (χ2n) is 4.17. The maximum Gasteiger partial charge on any atom is 0.309 e. The number of esters is 1. The maximum atomic E-state index is 11.3. The normalized spacial score (nSPS) is 13.8. The molecule has 0 saturated carbocycles. The van der Waals surface area contributed by atoms with Gasteiger partial charge in [-0.1, -0.05) is 13.8 Å². The van der Waals surface area contributed by atoms with Crippen molar-refractivity contribution < 1.29 is 9.53 Å². The SMILES string of the molecule is CCCOC(=O)C(C)CNC(C)(C)N. The molecule has 0 aromatic rings. The number of nitrogens with two attached hydrogens (primary N) is 1. The summed E-state index contributed by atoms with van der Waals surface area (Å²) in [7, 11) is 0. The van der Waals surface area contributed by atoms with Crippen LogP contribution in [0.5, 0.6) is 0 Å². The van der Waals surface area contributed by atoms with Crippen molar-refractivity contribution in [1.29, 1.82) is 0 Å². The molecule has 0 saturated heterocycles. The fourth-order valence-corrected chi connectivity index (χ4v) is 0.844. The van der Waals surface area contributed by atoms with E-state index in [0.717, 1.165) is 6.42 Å². The predicted octanol–water partition coefficient (Wildman–Crippen LogP) is 0.860. The van der Waals surface area contributed by atoms with E-state index in [1.165, 1.54) is 0 Å². The van der Waals surface area contributed by atoms with Crippen LogP contribution in [0.15, 0.2) is 0 Å². The molecular weight excluding hydrogens is 180 g/mol. The molecule has 0 aromatic carbocycles. The molecule has 14 heavy (non-hydrogen) atoms. The lowest BCUT2D eigenvalue weighted by molar-refractivity contribution is -0.147. The summed E-state index contributed by atoms with van der Waals surface area (Å²) in [6.07, 6.45) is 0.855. The Morgan fingerprint density at radius 1 is 1.57 bits per heavy atom. The van der Waals surface area contributed by atoms with Crippen molar-refractivity contribution in [2.24, 2.45) is 11.7 Å². The molecule has 0 aromatic heterocycles. The summed E-state index contributed by atoms with van der Waals surface area (Å²) in [5.74, 6) is -0.312. The van der Waals surface area contributed by atoms with E-state index in [-0.39, 0.29) is 11.9 Å². The van der Waals surface area contributed by atoms with Gasteiger partial charge in [-0.2, -0.15) is 0 Å². The highest BCUT2D eigenvalue weighted by Gasteiger charge is 2.17. The molecule has 0 aliphatic rings. The van der Waals surface area contributed by atoms with Crippen molar-refractivity contribution in [3.63, 3.8) is 0 Å². The first-order valence-electron chi connectivity index (χ1n) is 5.07. The van der Waals surface area contributed by atoms with Gasteiger partial charge in [0.15, 0.2) is 0 Å². The van der Waals surface area contributed by atoms with Gasteiger partial charge in [0.2, 0.25) is 0 Å². The highest BCUT2D eigenvalue weighted by atomic mass is 16.5.